The van der Waals surface area contributed by atoms with E-state index in [1.165, 1.54) is 6.08 Å². The molecule has 0 bridgehead atoms. The Morgan fingerprint density at radius 2 is 1.77 bits per heavy atom. The number of methoxy groups -OCH3 is 1. The lowest BCUT2D eigenvalue weighted by Gasteiger charge is -2.12. The second kappa shape index (κ2) is 15.1. The number of nitrogens with one attached hydrogen (secondary N) is 2. The summed E-state index contributed by atoms with van der Waals surface area (Å²) in [5, 5.41) is 5.31. The van der Waals surface area contributed by atoms with Gasteiger partial charge in [-0.15, -0.1) is 0 Å². The number of aryl methyl sites for hydroxylation is 1. The van der Waals surface area contributed by atoms with Crippen molar-refractivity contribution in [2.75, 3.05) is 14.2 Å². The van der Waals surface area contributed by atoms with Crippen LogP contribution in [0.1, 0.15) is 44.9 Å². The van der Waals surface area contributed by atoms with Crippen molar-refractivity contribution in [3.05, 3.63) is 82.4 Å². The van der Waals surface area contributed by atoms with Gasteiger partial charge in [0.25, 0.3) is 12.4 Å². The number of carbonyl (C=O) groups excluding carboxylic acids is 3. The highest BCUT2D eigenvalue weighted by Crippen LogP contribution is 2.56. The molecular formula is C29H37F2N3O5S. The summed E-state index contributed by atoms with van der Waals surface area (Å²) < 4.78 is 36.7. The molecule has 218 valence electrons. The normalized spacial score (nSPS) is 19.0. The number of nitrogens with two attached hydrogens (primary N) is 1. The smallest absolute Gasteiger partial charge is 0.315 e. The summed E-state index contributed by atoms with van der Waals surface area (Å²) in [6.45, 7) is 13.1. The molecule has 8 nitrogen and oxygen atoms in total. The maximum atomic E-state index is 13.8. The largest absolute Gasteiger partial charge is 0.469 e. The number of thiocarbonyl (C=S) groups is 1. The van der Waals surface area contributed by atoms with Gasteiger partial charge in [-0.1, -0.05) is 49.1 Å². The Hall–Kier alpha value is -3.86. The first-order valence-corrected chi connectivity index (χ1v) is 12.7. The minimum atomic E-state index is -3.43. The molecule has 0 aromatic heterocycles. The summed E-state index contributed by atoms with van der Waals surface area (Å²) in [5.74, 6) is -9.07. The van der Waals surface area contributed by atoms with Crippen LogP contribution in [0.5, 0.6) is 0 Å². The van der Waals surface area contributed by atoms with E-state index in [-0.39, 0.29) is 11.8 Å². The van der Waals surface area contributed by atoms with Crippen LogP contribution in [-0.4, -0.2) is 43.3 Å². The highest BCUT2D eigenvalue weighted by Gasteiger charge is 2.76. The zero-order valence-electron chi connectivity index (χ0n) is 23.8. The van der Waals surface area contributed by atoms with Crippen LogP contribution in [0.25, 0.3) is 0 Å². The molecule has 40 heavy (non-hydrogen) atoms. The number of ether oxygens (including phenoxy) is 2. The van der Waals surface area contributed by atoms with Crippen LogP contribution in [0.3, 0.4) is 0 Å². The van der Waals surface area contributed by atoms with E-state index >= 15 is 0 Å². The molecule has 0 heterocycles. The fraction of sp³-hybridized carbons (Fsp3) is 0.379. The average Bonchev–Trinajstić information content (AvgIpc) is 3.48. The third-order valence-corrected chi connectivity index (χ3v) is 6.65. The van der Waals surface area contributed by atoms with E-state index in [0.717, 1.165) is 18.2 Å². The first kappa shape index (κ1) is 34.2. The Morgan fingerprint density at radius 3 is 2.25 bits per heavy atom. The molecule has 1 saturated carbocycles. The third kappa shape index (κ3) is 8.84. The number of hydrogen-bond donors (Lipinski definition) is 3. The quantitative estimate of drug-likeness (QED) is 0.115. The minimum Gasteiger partial charge on any atom is -0.469 e. The molecule has 1 aliphatic carbocycles. The van der Waals surface area contributed by atoms with Crippen molar-refractivity contribution in [1.29, 1.82) is 0 Å². The number of benzene rings is 1. The van der Waals surface area contributed by atoms with E-state index in [0.29, 0.717) is 33.9 Å². The van der Waals surface area contributed by atoms with Crippen molar-refractivity contribution in [2.45, 2.75) is 46.6 Å². The van der Waals surface area contributed by atoms with Gasteiger partial charge in [0.2, 0.25) is 5.91 Å². The second-order valence-electron chi connectivity index (χ2n) is 9.22. The SMILES string of the molecule is C=C(C)/C(=C\C=C(/C)C(=S)/C(NC)=C(/C)N)NC(=O)C1C(C(=O)OC)C1(F)F.Cc1ccccc1C(C)OC=O. The summed E-state index contributed by atoms with van der Waals surface area (Å²) >= 11 is 5.36. The number of alkyl halides is 2. The van der Waals surface area contributed by atoms with Crippen LogP contribution in [0.15, 0.2) is 71.2 Å². The Morgan fingerprint density at radius 1 is 1.18 bits per heavy atom. The Kier molecular flexibility index (Phi) is 12.9. The van der Waals surface area contributed by atoms with Crippen LogP contribution in [0.4, 0.5) is 8.78 Å². The van der Waals surface area contributed by atoms with Gasteiger partial charge in [-0.25, -0.2) is 8.78 Å². The van der Waals surface area contributed by atoms with Crippen molar-refractivity contribution < 1.29 is 32.6 Å². The fourth-order valence-corrected chi connectivity index (χ4v) is 4.08. The predicted molar refractivity (Wildman–Crippen MR) is 154 cm³/mol. The lowest BCUT2D eigenvalue weighted by molar-refractivity contribution is -0.145. The summed E-state index contributed by atoms with van der Waals surface area (Å²) in [7, 11) is 2.69. The van der Waals surface area contributed by atoms with E-state index in [9.17, 15) is 23.2 Å². The number of amides is 1. The van der Waals surface area contributed by atoms with Gasteiger partial charge in [-0.05, 0) is 63.0 Å². The monoisotopic (exact) mass is 577 g/mol. The van der Waals surface area contributed by atoms with Crippen LogP contribution in [-0.2, 0) is 23.9 Å². The van der Waals surface area contributed by atoms with Crippen LogP contribution in [0.2, 0.25) is 0 Å². The zero-order valence-corrected chi connectivity index (χ0v) is 24.6. The number of carbonyl (C=O) groups is 3. The number of esters is 1. The molecule has 1 fully saturated rings. The van der Waals surface area contributed by atoms with Crippen molar-refractivity contribution in [1.82, 2.24) is 10.6 Å². The molecule has 1 aromatic carbocycles. The lowest BCUT2D eigenvalue weighted by Crippen LogP contribution is -2.27. The van der Waals surface area contributed by atoms with Crippen LogP contribution >= 0.6 is 12.2 Å². The Labute approximate surface area is 239 Å². The fourth-order valence-electron chi connectivity index (χ4n) is 3.74. The molecule has 11 heteroatoms. The predicted octanol–water partition coefficient (Wildman–Crippen LogP) is 4.57. The van der Waals surface area contributed by atoms with Crippen LogP contribution in [0, 0.1) is 18.8 Å². The van der Waals surface area contributed by atoms with Crippen molar-refractivity contribution >= 4 is 35.4 Å². The maximum absolute atomic E-state index is 13.8. The molecule has 0 spiro atoms. The highest BCUT2D eigenvalue weighted by atomic mass is 32.1. The molecule has 0 saturated heterocycles. The van der Waals surface area contributed by atoms with Gasteiger partial charge < -0.3 is 25.8 Å². The molecular weight excluding hydrogens is 540 g/mol. The molecule has 3 atom stereocenters. The van der Waals surface area contributed by atoms with E-state index in [1.807, 2.05) is 38.1 Å². The Bertz CT molecular complexity index is 1240. The standard InChI is InChI=1S/C19H25F2N3O3S.C10H12O2/c1-9(2)12(8-7-10(3)16(28)15(23-5)11(4)22)24-17(25)13-14(18(26)27-6)19(13,20)21;1-8-5-3-4-6-10(8)9(2)12-7-11/h7-8,13-14,23H,1,22H2,2-6H3,(H,24,25);3-7,9H,1-2H3/b10-7+,12-8+,15-11+;. The number of halogens is 2. The van der Waals surface area contributed by atoms with Crippen molar-refractivity contribution in [3.63, 3.8) is 0 Å². The third-order valence-electron chi connectivity index (χ3n) is 6.12. The molecule has 1 amide bonds. The second-order valence-corrected chi connectivity index (χ2v) is 9.63. The molecule has 4 N–H and O–H groups in total. The summed E-state index contributed by atoms with van der Waals surface area (Å²) in [6.07, 6.45) is 2.98. The summed E-state index contributed by atoms with van der Waals surface area (Å²) in [4.78, 5) is 34.2. The molecule has 1 aromatic rings. The van der Waals surface area contributed by atoms with Gasteiger partial charge in [0, 0.05) is 18.4 Å². The molecule has 0 radical (unpaired) electrons. The number of rotatable bonds is 11. The van der Waals surface area contributed by atoms with Gasteiger partial charge in [0.05, 0.1) is 17.7 Å². The summed E-state index contributed by atoms with van der Waals surface area (Å²) in [5.41, 5.74) is 10.4. The Balaban J connectivity index is 0.000000552. The van der Waals surface area contributed by atoms with Gasteiger partial charge in [-0.2, -0.15) is 0 Å². The zero-order chi connectivity index (χ0) is 30.8. The van der Waals surface area contributed by atoms with Gasteiger partial charge in [0.15, 0.2) is 0 Å². The molecule has 2 rings (SSSR count). The van der Waals surface area contributed by atoms with E-state index in [2.05, 4.69) is 21.9 Å². The highest BCUT2D eigenvalue weighted by molar-refractivity contribution is 7.81. The minimum absolute atomic E-state index is 0.149. The first-order valence-electron chi connectivity index (χ1n) is 12.3. The number of allylic oxidation sites excluding steroid dienone is 5. The van der Waals surface area contributed by atoms with E-state index in [1.54, 1.807) is 33.9 Å². The molecule has 1 aliphatic rings. The van der Waals surface area contributed by atoms with Crippen molar-refractivity contribution in [3.8, 4) is 0 Å². The summed E-state index contributed by atoms with van der Waals surface area (Å²) in [6, 6.07) is 7.86. The number of hydrogen-bond acceptors (Lipinski definition) is 8. The van der Waals surface area contributed by atoms with E-state index < -0.39 is 29.6 Å². The van der Waals surface area contributed by atoms with Gasteiger partial charge in [-0.3, -0.25) is 14.4 Å². The van der Waals surface area contributed by atoms with E-state index in [4.69, 9.17) is 22.7 Å². The molecule has 0 aliphatic heterocycles. The van der Waals surface area contributed by atoms with Crippen molar-refractivity contribution in [2.24, 2.45) is 17.6 Å². The molecule has 3 unspecified atom stereocenters. The topological polar surface area (TPSA) is 120 Å². The van der Waals surface area contributed by atoms with Gasteiger partial charge >= 0.3 is 5.97 Å². The van der Waals surface area contributed by atoms with Crippen LogP contribution < -0.4 is 16.4 Å². The average molecular weight is 578 g/mol. The lowest BCUT2D eigenvalue weighted by atomic mass is 10.1. The first-order chi connectivity index (χ1) is 18.6. The maximum Gasteiger partial charge on any atom is 0.315 e. The van der Waals surface area contributed by atoms with Gasteiger partial charge in [0.1, 0.15) is 17.9 Å².